The Hall–Kier alpha value is -0.710. The van der Waals surface area contributed by atoms with Gasteiger partial charge in [0.2, 0.25) is 0 Å². The molecule has 0 radical (unpaired) electrons. The molecule has 4 aliphatic carbocycles. The van der Waals surface area contributed by atoms with Crippen molar-refractivity contribution in [2.24, 2.45) is 40.9 Å². The second-order valence-corrected chi connectivity index (χ2v) is 14.1. The summed E-state index contributed by atoms with van der Waals surface area (Å²) in [5.74, 6) is 4.91. The number of nitrogens with one attached hydrogen (secondary N) is 1. The molecule has 1 spiro atoms. The number of ether oxygens (including phenoxy) is 1. The maximum absolute atomic E-state index is 12.3. The molecular formula is C31H50N2O2. The number of hydrogen-bond acceptors (Lipinski definition) is 4. The van der Waals surface area contributed by atoms with E-state index in [0.717, 1.165) is 62.4 Å². The van der Waals surface area contributed by atoms with Crippen molar-refractivity contribution < 1.29 is 9.53 Å². The van der Waals surface area contributed by atoms with Crippen molar-refractivity contribution in [2.45, 2.75) is 110 Å². The molecule has 2 heterocycles. The van der Waals surface area contributed by atoms with E-state index in [1.54, 1.807) is 5.57 Å². The number of nitrogens with zero attached hydrogens (tertiary/aromatic N) is 1. The molecule has 4 heteroatoms. The van der Waals surface area contributed by atoms with Crippen molar-refractivity contribution >= 4 is 5.78 Å². The summed E-state index contributed by atoms with van der Waals surface area (Å²) in [6.45, 7) is 13.4. The molecule has 6 aliphatic rings. The predicted octanol–water partition coefficient (Wildman–Crippen LogP) is 5.61. The van der Waals surface area contributed by atoms with Crippen LogP contribution >= 0.6 is 0 Å². The van der Waals surface area contributed by atoms with Gasteiger partial charge < -0.3 is 10.1 Å². The average molecular weight is 483 g/mol. The van der Waals surface area contributed by atoms with Crippen LogP contribution in [0.4, 0.5) is 0 Å². The fourth-order valence-corrected chi connectivity index (χ4v) is 10.5. The van der Waals surface area contributed by atoms with Crippen LogP contribution in [-0.4, -0.2) is 55.1 Å². The van der Waals surface area contributed by atoms with Gasteiger partial charge >= 0.3 is 0 Å². The molecule has 2 aliphatic heterocycles. The van der Waals surface area contributed by atoms with Gasteiger partial charge in [0, 0.05) is 44.4 Å². The van der Waals surface area contributed by atoms with E-state index < -0.39 is 0 Å². The Morgan fingerprint density at radius 3 is 2.77 bits per heavy atom. The normalized spacial score (nSPS) is 50.0. The minimum absolute atomic E-state index is 0.0343. The van der Waals surface area contributed by atoms with Crippen molar-refractivity contribution in [3.8, 4) is 0 Å². The van der Waals surface area contributed by atoms with Gasteiger partial charge in [0.25, 0.3) is 0 Å². The molecule has 0 aromatic rings. The number of likely N-dealkylation sites (N-methyl/N-ethyl adjacent to an activating group) is 1. The topological polar surface area (TPSA) is 41.6 Å². The van der Waals surface area contributed by atoms with Crippen LogP contribution < -0.4 is 5.32 Å². The molecule has 0 amide bonds. The van der Waals surface area contributed by atoms with Gasteiger partial charge in [-0.25, -0.2) is 0 Å². The van der Waals surface area contributed by atoms with Gasteiger partial charge in [-0.2, -0.15) is 0 Å². The third-order valence-corrected chi connectivity index (χ3v) is 12.3. The van der Waals surface area contributed by atoms with E-state index >= 15 is 0 Å². The highest BCUT2D eigenvalue weighted by atomic mass is 16.5. The van der Waals surface area contributed by atoms with E-state index in [9.17, 15) is 4.79 Å². The second-order valence-electron chi connectivity index (χ2n) is 14.1. The van der Waals surface area contributed by atoms with E-state index in [1.807, 2.05) is 5.57 Å². The van der Waals surface area contributed by atoms with Gasteiger partial charge in [-0.15, -0.1) is 0 Å². The molecular weight excluding hydrogens is 432 g/mol. The maximum Gasteiger partial charge on any atom is 0.133 e. The van der Waals surface area contributed by atoms with Crippen LogP contribution in [0.15, 0.2) is 11.1 Å². The first-order valence-corrected chi connectivity index (χ1v) is 15.0. The fourth-order valence-electron chi connectivity index (χ4n) is 10.5. The molecule has 3 saturated carbocycles. The van der Waals surface area contributed by atoms with E-state index in [0.29, 0.717) is 35.2 Å². The first-order valence-electron chi connectivity index (χ1n) is 15.0. The zero-order valence-corrected chi connectivity index (χ0v) is 23.1. The van der Waals surface area contributed by atoms with Crippen LogP contribution in [0.3, 0.4) is 0 Å². The molecule has 0 bridgehead atoms. The molecule has 0 aromatic heterocycles. The third-order valence-electron chi connectivity index (χ3n) is 12.3. The standard InChI is InChI=1S/C31H50N2O2/c1-19-14-28-29(33(18-19)13-12-32-5)21(3)31(35-28)11-9-24-25-7-6-22-15-23(34)8-10-30(22,4)27(25)16-26(24)20(2)17-31/h19,21-22,24-25,27-29,32H,6-18H2,1-5H3/t19-,21+,22+,24-,25-,27-,28+,29-,30-,31-/m0/s1. The molecule has 4 nitrogen and oxygen atoms in total. The number of Topliss-reactive ketones (excluding diaryl/α,β-unsaturated/α-hetero) is 1. The maximum atomic E-state index is 12.3. The van der Waals surface area contributed by atoms with Crippen LogP contribution in [0.25, 0.3) is 0 Å². The lowest BCUT2D eigenvalue weighted by Gasteiger charge is -2.52. The number of fused-ring (bicyclic) bond motifs is 6. The summed E-state index contributed by atoms with van der Waals surface area (Å²) in [5, 5.41) is 3.38. The SMILES string of the molecule is CNCCN1C[C@@H](C)C[C@H]2O[C@]3(CC[C@@H]4C(=C(C)C3)C[C@H]3[C@H]4CC[C@@H]4CC(=O)CC[C@@]43C)[C@H](C)[C@@H]21. The molecule has 5 fully saturated rings. The second kappa shape index (κ2) is 8.95. The summed E-state index contributed by atoms with van der Waals surface area (Å²) >= 11 is 0. The van der Waals surface area contributed by atoms with Crippen LogP contribution in [0.1, 0.15) is 91.9 Å². The largest absolute Gasteiger partial charge is 0.369 e. The number of rotatable bonds is 3. The van der Waals surface area contributed by atoms with Gasteiger partial charge in [0.1, 0.15) is 5.78 Å². The van der Waals surface area contributed by atoms with Crippen LogP contribution in [0.5, 0.6) is 0 Å². The van der Waals surface area contributed by atoms with Gasteiger partial charge in [0.05, 0.1) is 11.7 Å². The number of allylic oxidation sites excluding steroid dienone is 1. The quantitative estimate of drug-likeness (QED) is 0.531. The fraction of sp³-hybridized carbons (Fsp3) is 0.903. The number of likely N-dealkylation sites (tertiary alicyclic amines) is 1. The molecule has 10 atom stereocenters. The molecule has 35 heavy (non-hydrogen) atoms. The van der Waals surface area contributed by atoms with Crippen molar-refractivity contribution in [2.75, 3.05) is 26.7 Å². The number of carbonyl (C=O) groups excluding carboxylic acids is 1. The van der Waals surface area contributed by atoms with E-state index in [4.69, 9.17) is 4.74 Å². The highest BCUT2D eigenvalue weighted by molar-refractivity contribution is 5.79. The monoisotopic (exact) mass is 482 g/mol. The Bertz CT molecular complexity index is 883. The van der Waals surface area contributed by atoms with Gasteiger partial charge in [0.15, 0.2) is 0 Å². The average Bonchev–Trinajstić information content (AvgIpc) is 3.28. The Kier molecular flexibility index (Phi) is 6.29. The highest BCUT2D eigenvalue weighted by Crippen LogP contribution is 2.65. The summed E-state index contributed by atoms with van der Waals surface area (Å²) in [7, 11) is 2.08. The lowest BCUT2D eigenvalue weighted by atomic mass is 9.52. The number of piperidine rings is 1. The van der Waals surface area contributed by atoms with Gasteiger partial charge in [-0.3, -0.25) is 9.69 Å². The van der Waals surface area contributed by atoms with Crippen molar-refractivity contribution in [1.82, 2.24) is 10.2 Å². The lowest BCUT2D eigenvalue weighted by molar-refractivity contribution is -0.129. The zero-order valence-electron chi connectivity index (χ0n) is 23.1. The smallest absolute Gasteiger partial charge is 0.133 e. The van der Waals surface area contributed by atoms with Gasteiger partial charge in [-0.1, -0.05) is 31.9 Å². The Labute approximate surface area is 214 Å². The van der Waals surface area contributed by atoms with E-state index in [1.165, 1.54) is 45.1 Å². The minimum atomic E-state index is 0.0343. The molecule has 2 saturated heterocycles. The Morgan fingerprint density at radius 1 is 1.14 bits per heavy atom. The minimum Gasteiger partial charge on any atom is -0.369 e. The Balaban J connectivity index is 1.26. The first-order chi connectivity index (χ1) is 16.8. The predicted molar refractivity (Wildman–Crippen MR) is 141 cm³/mol. The molecule has 196 valence electrons. The summed E-state index contributed by atoms with van der Waals surface area (Å²) in [5.41, 5.74) is 3.92. The molecule has 0 aromatic carbocycles. The number of ketones is 1. The lowest BCUT2D eigenvalue weighted by Crippen LogP contribution is -2.53. The first kappa shape index (κ1) is 24.6. The van der Waals surface area contributed by atoms with Crippen molar-refractivity contribution in [3.05, 3.63) is 11.1 Å². The highest BCUT2D eigenvalue weighted by Gasteiger charge is 2.60. The molecule has 6 rings (SSSR count). The molecule has 1 N–H and O–H groups in total. The number of hydrogen-bond donors (Lipinski definition) is 1. The van der Waals surface area contributed by atoms with E-state index in [2.05, 4.69) is 45.0 Å². The van der Waals surface area contributed by atoms with Crippen LogP contribution in [-0.2, 0) is 9.53 Å². The summed E-state index contributed by atoms with van der Waals surface area (Å²) < 4.78 is 7.22. The summed E-state index contributed by atoms with van der Waals surface area (Å²) in [6, 6.07) is 0.581. The summed E-state index contributed by atoms with van der Waals surface area (Å²) in [4.78, 5) is 15.0. The summed E-state index contributed by atoms with van der Waals surface area (Å²) in [6.07, 6.45) is 12.1. The van der Waals surface area contributed by atoms with E-state index in [-0.39, 0.29) is 5.60 Å². The third kappa shape index (κ3) is 3.83. The van der Waals surface area contributed by atoms with Crippen LogP contribution in [0, 0.1) is 40.9 Å². The molecule has 0 unspecified atom stereocenters. The zero-order chi connectivity index (χ0) is 24.5. The van der Waals surface area contributed by atoms with Crippen molar-refractivity contribution in [1.29, 1.82) is 0 Å². The van der Waals surface area contributed by atoms with Crippen LogP contribution in [0.2, 0.25) is 0 Å². The van der Waals surface area contributed by atoms with Crippen molar-refractivity contribution in [3.63, 3.8) is 0 Å². The Morgan fingerprint density at radius 2 is 1.97 bits per heavy atom. The number of carbonyl (C=O) groups is 1. The van der Waals surface area contributed by atoms with Gasteiger partial charge in [-0.05, 0) is 100 Å².